The Balaban J connectivity index is 1.56. The summed E-state index contributed by atoms with van der Waals surface area (Å²) in [7, 11) is 0. The van der Waals surface area contributed by atoms with Crippen LogP contribution in [0.3, 0.4) is 0 Å². The average Bonchev–Trinajstić information content (AvgIpc) is 2.94. The van der Waals surface area contributed by atoms with Gasteiger partial charge in [0.05, 0.1) is 0 Å². The highest BCUT2D eigenvalue weighted by Gasteiger charge is 2.32. The summed E-state index contributed by atoms with van der Waals surface area (Å²) < 4.78 is 0. The van der Waals surface area contributed by atoms with Gasteiger partial charge in [-0.2, -0.15) is 0 Å². The van der Waals surface area contributed by atoms with Crippen LogP contribution < -0.4 is 10.6 Å². The van der Waals surface area contributed by atoms with E-state index in [0.717, 1.165) is 19.4 Å². The number of carbonyl (C=O) groups excluding carboxylic acids is 1. The van der Waals surface area contributed by atoms with Gasteiger partial charge in [-0.05, 0) is 36.3 Å². The number of anilines is 1. The van der Waals surface area contributed by atoms with Gasteiger partial charge < -0.3 is 10.6 Å². The third-order valence-corrected chi connectivity index (χ3v) is 4.70. The van der Waals surface area contributed by atoms with Gasteiger partial charge in [-0.3, -0.25) is 4.79 Å². The fourth-order valence-electron chi connectivity index (χ4n) is 3.61. The molecule has 3 heteroatoms. The Labute approximate surface area is 121 Å². The van der Waals surface area contributed by atoms with E-state index in [0.29, 0.717) is 23.8 Å². The minimum absolute atomic E-state index is 0.205. The second kappa shape index (κ2) is 5.12. The summed E-state index contributed by atoms with van der Waals surface area (Å²) in [6.45, 7) is 5.45. The normalized spacial score (nSPS) is 26.9. The molecular weight excluding hydrogens is 248 g/mol. The molecule has 1 heterocycles. The van der Waals surface area contributed by atoms with E-state index in [-0.39, 0.29) is 5.91 Å². The molecular formula is C17H24N2O. The summed E-state index contributed by atoms with van der Waals surface area (Å²) in [5.41, 5.74) is 2.86. The lowest BCUT2D eigenvalue weighted by atomic mass is 9.92. The summed E-state index contributed by atoms with van der Waals surface area (Å²) in [5, 5.41) is 6.61. The minimum Gasteiger partial charge on any atom is -0.384 e. The highest BCUT2D eigenvalue weighted by atomic mass is 16.1. The number of nitrogens with one attached hydrogen (secondary N) is 2. The Hall–Kier alpha value is -1.51. The van der Waals surface area contributed by atoms with E-state index in [1.54, 1.807) is 0 Å². The molecule has 3 rings (SSSR count). The predicted molar refractivity (Wildman–Crippen MR) is 81.9 cm³/mol. The van der Waals surface area contributed by atoms with Crippen LogP contribution >= 0.6 is 0 Å². The summed E-state index contributed by atoms with van der Waals surface area (Å²) in [6.07, 6.45) is 4.04. The zero-order chi connectivity index (χ0) is 14.2. The smallest absolute Gasteiger partial charge is 0.220 e. The van der Waals surface area contributed by atoms with Gasteiger partial charge >= 0.3 is 0 Å². The number of amides is 1. The summed E-state index contributed by atoms with van der Waals surface area (Å²) in [4.78, 5) is 12.2. The molecule has 3 nitrogen and oxygen atoms in total. The van der Waals surface area contributed by atoms with Crippen molar-refractivity contribution in [3.8, 4) is 0 Å². The van der Waals surface area contributed by atoms with E-state index >= 15 is 0 Å². The van der Waals surface area contributed by atoms with E-state index in [1.807, 2.05) is 6.07 Å². The zero-order valence-corrected chi connectivity index (χ0v) is 12.4. The quantitative estimate of drug-likeness (QED) is 0.886. The largest absolute Gasteiger partial charge is 0.384 e. The van der Waals surface area contributed by atoms with Gasteiger partial charge in [0.2, 0.25) is 5.91 Å². The SMILES string of the molecule is CC1(C)CCC(NC(=O)CC2CNc3ccccc32)C1. The van der Waals surface area contributed by atoms with Gasteiger partial charge in [-0.1, -0.05) is 32.0 Å². The van der Waals surface area contributed by atoms with Gasteiger partial charge in [-0.15, -0.1) is 0 Å². The fraction of sp³-hybridized carbons (Fsp3) is 0.588. The Bertz CT molecular complexity index is 509. The lowest BCUT2D eigenvalue weighted by molar-refractivity contribution is -0.122. The Kier molecular flexibility index (Phi) is 3.45. The molecule has 2 aliphatic rings. The van der Waals surface area contributed by atoms with Crippen molar-refractivity contribution in [2.75, 3.05) is 11.9 Å². The molecule has 1 aliphatic heterocycles. The van der Waals surface area contributed by atoms with Crippen molar-refractivity contribution < 1.29 is 4.79 Å². The van der Waals surface area contributed by atoms with E-state index in [9.17, 15) is 4.79 Å². The molecule has 0 saturated heterocycles. The van der Waals surface area contributed by atoms with E-state index in [1.165, 1.54) is 17.7 Å². The Morgan fingerprint density at radius 1 is 1.40 bits per heavy atom. The van der Waals surface area contributed by atoms with Crippen LogP contribution in [0.5, 0.6) is 0 Å². The number of hydrogen-bond donors (Lipinski definition) is 2. The van der Waals surface area contributed by atoms with Crippen LogP contribution in [0.4, 0.5) is 5.69 Å². The minimum atomic E-state index is 0.205. The molecule has 1 aromatic carbocycles. The average molecular weight is 272 g/mol. The molecule has 108 valence electrons. The lowest BCUT2D eigenvalue weighted by Crippen LogP contribution is -2.34. The summed E-state index contributed by atoms with van der Waals surface area (Å²) >= 11 is 0. The predicted octanol–water partition coefficient (Wildman–Crippen LogP) is 3.28. The van der Waals surface area contributed by atoms with Crippen LogP contribution in [0, 0.1) is 5.41 Å². The maximum absolute atomic E-state index is 12.2. The van der Waals surface area contributed by atoms with Crippen molar-refractivity contribution in [3.05, 3.63) is 29.8 Å². The first-order chi connectivity index (χ1) is 9.53. The van der Waals surface area contributed by atoms with Crippen molar-refractivity contribution in [1.29, 1.82) is 0 Å². The lowest BCUT2D eigenvalue weighted by Gasteiger charge is -2.18. The van der Waals surface area contributed by atoms with Crippen molar-refractivity contribution in [1.82, 2.24) is 5.32 Å². The van der Waals surface area contributed by atoms with Crippen molar-refractivity contribution in [2.24, 2.45) is 5.41 Å². The van der Waals surface area contributed by atoms with Crippen LogP contribution in [0.15, 0.2) is 24.3 Å². The molecule has 1 amide bonds. The molecule has 1 aromatic rings. The molecule has 0 radical (unpaired) electrons. The number of benzene rings is 1. The number of carbonyl (C=O) groups is 1. The number of fused-ring (bicyclic) bond motifs is 1. The number of hydrogen-bond acceptors (Lipinski definition) is 2. The molecule has 2 unspecified atom stereocenters. The highest BCUT2D eigenvalue weighted by molar-refractivity contribution is 5.78. The molecule has 0 bridgehead atoms. The second-order valence-electron chi connectivity index (χ2n) is 7.04. The Morgan fingerprint density at radius 3 is 2.95 bits per heavy atom. The number of rotatable bonds is 3. The fourth-order valence-corrected chi connectivity index (χ4v) is 3.61. The van der Waals surface area contributed by atoms with Crippen LogP contribution in [0.1, 0.15) is 51.0 Å². The molecule has 0 spiro atoms. The van der Waals surface area contributed by atoms with Crippen LogP contribution in [0.25, 0.3) is 0 Å². The van der Waals surface area contributed by atoms with Crippen LogP contribution in [0.2, 0.25) is 0 Å². The third-order valence-electron chi connectivity index (χ3n) is 4.70. The van der Waals surface area contributed by atoms with E-state index < -0.39 is 0 Å². The first-order valence-corrected chi connectivity index (χ1v) is 7.66. The second-order valence-corrected chi connectivity index (χ2v) is 7.04. The first kappa shape index (κ1) is 13.5. The maximum atomic E-state index is 12.2. The van der Waals surface area contributed by atoms with Gasteiger partial charge in [0, 0.05) is 30.6 Å². The maximum Gasteiger partial charge on any atom is 0.220 e. The summed E-state index contributed by atoms with van der Waals surface area (Å²) in [5.74, 6) is 0.525. The molecule has 2 atom stereocenters. The molecule has 1 aliphatic carbocycles. The van der Waals surface area contributed by atoms with Crippen molar-refractivity contribution in [3.63, 3.8) is 0 Å². The highest BCUT2D eigenvalue weighted by Crippen LogP contribution is 2.37. The molecule has 20 heavy (non-hydrogen) atoms. The number of para-hydroxylation sites is 1. The van der Waals surface area contributed by atoms with Gasteiger partial charge in [0.1, 0.15) is 0 Å². The van der Waals surface area contributed by atoms with Crippen molar-refractivity contribution in [2.45, 2.75) is 51.5 Å². The molecule has 1 saturated carbocycles. The third kappa shape index (κ3) is 2.82. The monoisotopic (exact) mass is 272 g/mol. The summed E-state index contributed by atoms with van der Waals surface area (Å²) in [6, 6.07) is 8.69. The van der Waals surface area contributed by atoms with Crippen molar-refractivity contribution >= 4 is 11.6 Å². The topological polar surface area (TPSA) is 41.1 Å². The standard InChI is InChI=1S/C17H24N2O/c1-17(2)8-7-13(10-17)19-16(20)9-12-11-18-15-6-4-3-5-14(12)15/h3-6,12-13,18H,7-11H2,1-2H3,(H,19,20). The van der Waals surface area contributed by atoms with Crippen LogP contribution in [-0.2, 0) is 4.79 Å². The van der Waals surface area contributed by atoms with E-state index in [4.69, 9.17) is 0 Å². The zero-order valence-electron chi connectivity index (χ0n) is 12.4. The molecule has 2 N–H and O–H groups in total. The van der Waals surface area contributed by atoms with Gasteiger partial charge in [0.25, 0.3) is 0 Å². The molecule has 0 aromatic heterocycles. The molecule has 1 fully saturated rings. The van der Waals surface area contributed by atoms with Gasteiger partial charge in [0.15, 0.2) is 0 Å². The van der Waals surface area contributed by atoms with E-state index in [2.05, 4.69) is 42.7 Å². The first-order valence-electron chi connectivity index (χ1n) is 7.66. The Morgan fingerprint density at radius 2 is 2.20 bits per heavy atom. The van der Waals surface area contributed by atoms with Crippen LogP contribution in [-0.4, -0.2) is 18.5 Å². The van der Waals surface area contributed by atoms with Gasteiger partial charge in [-0.25, -0.2) is 0 Å².